The van der Waals surface area contributed by atoms with Crippen LogP contribution in [0, 0.1) is 0 Å². The van der Waals surface area contributed by atoms with Crippen LogP contribution in [0.3, 0.4) is 0 Å². The van der Waals surface area contributed by atoms with Gasteiger partial charge in [-0.15, -0.1) is 23.5 Å². The highest BCUT2D eigenvalue weighted by molar-refractivity contribution is 8.19. The van der Waals surface area contributed by atoms with Crippen molar-refractivity contribution in [3.63, 3.8) is 0 Å². The quantitative estimate of drug-likeness (QED) is 0.531. The molecule has 13 heavy (non-hydrogen) atoms. The first-order valence-electron chi connectivity index (χ1n) is 3.88. The predicted molar refractivity (Wildman–Crippen MR) is 66.4 cm³/mol. The van der Waals surface area contributed by atoms with Gasteiger partial charge in [0.05, 0.1) is 9.79 Å². The summed E-state index contributed by atoms with van der Waals surface area (Å²) in [5.74, 6) is 1.91. The number of nitrogens with two attached hydrogens (primary N) is 1. The molecule has 0 aromatic carbocycles. The third-order valence-corrected chi connectivity index (χ3v) is 4.64. The number of thiocarbonyl (C=S) groups is 1. The maximum Gasteiger partial charge on any atom is 0.184 e. The zero-order valence-corrected chi connectivity index (χ0v) is 10.1. The Balaban J connectivity index is 2.40. The van der Waals surface area contributed by atoms with Gasteiger partial charge in [-0.2, -0.15) is 5.10 Å². The second-order valence-electron chi connectivity index (χ2n) is 3.13. The number of nitrogens with zero attached hydrogens (tertiary/aromatic N) is 1. The van der Waals surface area contributed by atoms with Crippen LogP contribution >= 0.6 is 35.7 Å². The largest absolute Gasteiger partial charge is 0.375 e. The third-order valence-electron chi connectivity index (χ3n) is 1.50. The maximum absolute atomic E-state index is 5.26. The van der Waals surface area contributed by atoms with E-state index in [0.29, 0.717) is 4.08 Å². The standard InChI is InChI=1S/C7H13N3S3/c1-7(2)12-3-5(4-13-7)9-10-6(8)11/h3-4H2,1-2H3,(H3,8,10,11). The van der Waals surface area contributed by atoms with Crippen molar-refractivity contribution < 1.29 is 0 Å². The lowest BCUT2D eigenvalue weighted by atomic mass is 10.5. The van der Waals surface area contributed by atoms with Crippen molar-refractivity contribution in [2.24, 2.45) is 10.8 Å². The molecule has 0 spiro atoms. The summed E-state index contributed by atoms with van der Waals surface area (Å²) in [5, 5.41) is 4.34. The Morgan fingerprint density at radius 1 is 1.54 bits per heavy atom. The van der Waals surface area contributed by atoms with Crippen LogP contribution in [0.2, 0.25) is 0 Å². The molecule has 0 aromatic heterocycles. The van der Waals surface area contributed by atoms with Crippen molar-refractivity contribution >= 4 is 46.6 Å². The summed E-state index contributed by atoms with van der Waals surface area (Å²) in [5.41, 5.74) is 8.99. The van der Waals surface area contributed by atoms with Crippen molar-refractivity contribution in [2.45, 2.75) is 17.9 Å². The van der Waals surface area contributed by atoms with Crippen LogP contribution in [0.1, 0.15) is 13.8 Å². The smallest absolute Gasteiger partial charge is 0.184 e. The fraction of sp³-hybridized carbons (Fsp3) is 0.714. The van der Waals surface area contributed by atoms with E-state index >= 15 is 0 Å². The molecule has 0 radical (unpaired) electrons. The Morgan fingerprint density at radius 3 is 2.54 bits per heavy atom. The summed E-state index contributed by atoms with van der Waals surface area (Å²) in [4.78, 5) is 0. The van der Waals surface area contributed by atoms with E-state index in [9.17, 15) is 0 Å². The third kappa shape index (κ3) is 4.19. The van der Waals surface area contributed by atoms with Crippen LogP contribution in [-0.2, 0) is 0 Å². The van der Waals surface area contributed by atoms with E-state index in [1.807, 2.05) is 23.5 Å². The Kier molecular flexibility index (Phi) is 3.87. The van der Waals surface area contributed by atoms with Gasteiger partial charge in [0.1, 0.15) is 0 Å². The van der Waals surface area contributed by atoms with Crippen molar-refractivity contribution in [2.75, 3.05) is 11.5 Å². The molecule has 0 aromatic rings. The van der Waals surface area contributed by atoms with Crippen molar-refractivity contribution in [1.29, 1.82) is 0 Å². The SMILES string of the molecule is CC1(C)SCC(=NNC(N)=S)CS1. The molecule has 1 saturated heterocycles. The van der Waals surface area contributed by atoms with Gasteiger partial charge in [0.2, 0.25) is 0 Å². The highest BCUT2D eigenvalue weighted by Crippen LogP contribution is 2.39. The Morgan fingerprint density at radius 2 is 2.08 bits per heavy atom. The van der Waals surface area contributed by atoms with Gasteiger partial charge < -0.3 is 5.73 Å². The zero-order chi connectivity index (χ0) is 9.90. The van der Waals surface area contributed by atoms with E-state index < -0.39 is 0 Å². The van der Waals surface area contributed by atoms with Gasteiger partial charge in [0.15, 0.2) is 5.11 Å². The van der Waals surface area contributed by atoms with Crippen LogP contribution in [0.5, 0.6) is 0 Å². The molecule has 0 bridgehead atoms. The van der Waals surface area contributed by atoms with Crippen LogP contribution in [0.25, 0.3) is 0 Å². The highest BCUT2D eigenvalue weighted by Gasteiger charge is 2.25. The fourth-order valence-corrected chi connectivity index (χ4v) is 3.02. The maximum atomic E-state index is 5.26. The zero-order valence-electron chi connectivity index (χ0n) is 7.66. The topological polar surface area (TPSA) is 50.4 Å². The Labute approximate surface area is 92.3 Å². The molecular weight excluding hydrogens is 222 g/mol. The minimum atomic E-state index is 0.229. The summed E-state index contributed by atoms with van der Waals surface area (Å²) < 4.78 is 0.308. The first kappa shape index (κ1) is 11.1. The molecule has 1 fully saturated rings. The lowest BCUT2D eigenvalue weighted by Crippen LogP contribution is -2.29. The molecular formula is C7H13N3S3. The van der Waals surface area contributed by atoms with Crippen molar-refractivity contribution in [1.82, 2.24) is 5.43 Å². The molecule has 1 heterocycles. The number of hydrogen-bond acceptors (Lipinski definition) is 4. The molecule has 74 valence electrons. The van der Waals surface area contributed by atoms with Crippen LogP contribution in [0.15, 0.2) is 5.10 Å². The highest BCUT2D eigenvalue weighted by atomic mass is 32.2. The monoisotopic (exact) mass is 235 g/mol. The van der Waals surface area contributed by atoms with E-state index in [1.54, 1.807) is 0 Å². The number of nitrogens with one attached hydrogen (secondary N) is 1. The average Bonchev–Trinajstić information content (AvgIpc) is 2.02. The summed E-state index contributed by atoms with van der Waals surface area (Å²) in [7, 11) is 0. The summed E-state index contributed by atoms with van der Waals surface area (Å²) in [6.45, 7) is 4.44. The van der Waals surface area contributed by atoms with Crippen LogP contribution in [-0.4, -0.2) is 26.4 Å². The van der Waals surface area contributed by atoms with E-state index in [-0.39, 0.29) is 5.11 Å². The molecule has 0 unspecified atom stereocenters. The van der Waals surface area contributed by atoms with Crippen molar-refractivity contribution in [3.05, 3.63) is 0 Å². The molecule has 0 atom stereocenters. The summed E-state index contributed by atoms with van der Waals surface area (Å²) >= 11 is 8.43. The van der Waals surface area contributed by atoms with E-state index in [0.717, 1.165) is 17.2 Å². The molecule has 1 rings (SSSR count). The number of rotatable bonds is 1. The lowest BCUT2D eigenvalue weighted by Gasteiger charge is -2.28. The molecule has 0 amide bonds. The Bertz CT molecular complexity index is 225. The van der Waals surface area contributed by atoms with E-state index in [1.165, 1.54) is 0 Å². The minimum absolute atomic E-state index is 0.229. The van der Waals surface area contributed by atoms with Gasteiger partial charge in [-0.25, -0.2) is 0 Å². The first-order chi connectivity index (χ1) is 5.99. The second kappa shape index (κ2) is 4.52. The first-order valence-corrected chi connectivity index (χ1v) is 6.26. The van der Waals surface area contributed by atoms with Gasteiger partial charge >= 0.3 is 0 Å². The number of hydrazone groups is 1. The Hall–Kier alpha value is 0.0600. The normalized spacial score (nSPS) is 20.9. The number of hydrogen-bond donors (Lipinski definition) is 2. The molecule has 6 heteroatoms. The molecule has 1 aliphatic rings. The molecule has 3 nitrogen and oxygen atoms in total. The lowest BCUT2D eigenvalue weighted by molar-refractivity contribution is 1.01. The van der Waals surface area contributed by atoms with Crippen LogP contribution in [0.4, 0.5) is 0 Å². The molecule has 3 N–H and O–H groups in total. The molecule has 0 aliphatic carbocycles. The van der Waals surface area contributed by atoms with E-state index in [2.05, 4.69) is 36.6 Å². The van der Waals surface area contributed by atoms with Gasteiger partial charge in [-0.05, 0) is 26.1 Å². The van der Waals surface area contributed by atoms with Gasteiger partial charge in [-0.1, -0.05) is 0 Å². The molecule has 1 aliphatic heterocycles. The molecule has 0 saturated carbocycles. The summed E-state index contributed by atoms with van der Waals surface area (Å²) in [6.07, 6.45) is 0. The number of thioether (sulfide) groups is 2. The van der Waals surface area contributed by atoms with E-state index in [4.69, 9.17) is 5.73 Å². The minimum Gasteiger partial charge on any atom is -0.375 e. The predicted octanol–water partition coefficient (Wildman–Crippen LogP) is 1.39. The average molecular weight is 235 g/mol. The van der Waals surface area contributed by atoms with Gasteiger partial charge in [0.25, 0.3) is 0 Å². The van der Waals surface area contributed by atoms with Gasteiger partial charge in [-0.3, -0.25) is 5.43 Å². The second-order valence-corrected chi connectivity index (χ2v) is 7.03. The van der Waals surface area contributed by atoms with Crippen molar-refractivity contribution in [3.8, 4) is 0 Å². The fourth-order valence-electron chi connectivity index (χ4n) is 0.796. The summed E-state index contributed by atoms with van der Waals surface area (Å²) in [6, 6.07) is 0. The van der Waals surface area contributed by atoms with Crippen LogP contribution < -0.4 is 11.2 Å². The van der Waals surface area contributed by atoms with Gasteiger partial charge in [0, 0.05) is 11.5 Å².